The molecular formula is C21H18O2. The van der Waals surface area contributed by atoms with Gasteiger partial charge in [0, 0.05) is 21.6 Å². The fraction of sp³-hybridized carbons (Fsp3) is 0.143. The van der Waals surface area contributed by atoms with Gasteiger partial charge in [0.1, 0.15) is 0 Å². The second kappa shape index (κ2) is 5.47. The highest BCUT2D eigenvalue weighted by Crippen LogP contribution is 2.25. The Morgan fingerprint density at radius 1 is 0.913 bits per heavy atom. The number of rotatable bonds is 2. The van der Waals surface area contributed by atoms with E-state index in [4.69, 9.17) is 0 Å². The van der Waals surface area contributed by atoms with Gasteiger partial charge in [0.25, 0.3) is 0 Å². The van der Waals surface area contributed by atoms with E-state index in [1.165, 1.54) is 0 Å². The molecule has 2 nitrogen and oxygen atoms in total. The van der Waals surface area contributed by atoms with E-state index in [-0.39, 0.29) is 10.9 Å². The Morgan fingerprint density at radius 2 is 1.57 bits per heavy atom. The summed E-state index contributed by atoms with van der Waals surface area (Å²) in [5, 5.41) is 4.20. The lowest BCUT2D eigenvalue weighted by Crippen LogP contribution is -2.30. The molecule has 0 radical (unpaired) electrons. The quantitative estimate of drug-likeness (QED) is 0.729. The van der Waals surface area contributed by atoms with Gasteiger partial charge in [0.15, 0.2) is 10.9 Å². The van der Waals surface area contributed by atoms with Gasteiger partial charge in [-0.25, -0.2) is 0 Å². The summed E-state index contributed by atoms with van der Waals surface area (Å²) in [6.45, 7) is 9.69. The molecule has 0 unspecified atom stereocenters. The molecule has 0 aliphatic heterocycles. The fourth-order valence-corrected chi connectivity index (χ4v) is 3.15. The van der Waals surface area contributed by atoms with E-state index in [1.54, 1.807) is 6.08 Å². The number of hydrogen-bond donors (Lipinski definition) is 0. The summed E-state index contributed by atoms with van der Waals surface area (Å²) < 4.78 is 0. The lowest BCUT2D eigenvalue weighted by molar-refractivity contribution is 1.47. The Hall–Kier alpha value is -2.74. The maximum absolute atomic E-state index is 12.7. The minimum absolute atomic E-state index is 0.0252. The summed E-state index contributed by atoms with van der Waals surface area (Å²) in [6.07, 6.45) is 9.32. The van der Waals surface area contributed by atoms with Crippen molar-refractivity contribution in [2.45, 2.75) is 20.8 Å². The summed E-state index contributed by atoms with van der Waals surface area (Å²) in [7, 11) is 0. The van der Waals surface area contributed by atoms with E-state index in [0.29, 0.717) is 21.2 Å². The minimum atomic E-state index is -0.0252. The van der Waals surface area contributed by atoms with Gasteiger partial charge in [-0.15, -0.1) is 0 Å². The first-order chi connectivity index (χ1) is 11.0. The van der Waals surface area contributed by atoms with Crippen LogP contribution in [0.4, 0.5) is 0 Å². The van der Waals surface area contributed by atoms with Gasteiger partial charge in [0.05, 0.1) is 0 Å². The van der Waals surface area contributed by atoms with Gasteiger partial charge in [-0.1, -0.05) is 37.0 Å². The second-order valence-electron chi connectivity index (χ2n) is 5.72. The van der Waals surface area contributed by atoms with Gasteiger partial charge < -0.3 is 0 Å². The van der Waals surface area contributed by atoms with E-state index < -0.39 is 0 Å². The average molecular weight is 302 g/mol. The second-order valence-corrected chi connectivity index (χ2v) is 5.72. The molecule has 0 saturated carbocycles. The molecule has 23 heavy (non-hydrogen) atoms. The maximum Gasteiger partial charge on any atom is 0.194 e. The first kappa shape index (κ1) is 15.2. The van der Waals surface area contributed by atoms with E-state index in [1.807, 2.05) is 57.2 Å². The van der Waals surface area contributed by atoms with Crippen molar-refractivity contribution in [3.8, 4) is 0 Å². The van der Waals surface area contributed by atoms with Gasteiger partial charge in [-0.3, -0.25) is 9.59 Å². The summed E-state index contributed by atoms with van der Waals surface area (Å²) in [4.78, 5) is 25.1. The molecule has 0 amide bonds. The first-order valence-electron chi connectivity index (χ1n) is 7.65. The third kappa shape index (κ3) is 2.10. The standard InChI is InChI=1S/C21H18O2/c1-5-7-9-15-12(3)16-10-19-17(11-18(16)21(15)23)14(8-6-2)13(4)20(19)22/h5-11H,3H2,1-2,4H3/b7-5-,8-6-,15-9+. The molecule has 0 aromatic heterocycles. The highest BCUT2D eigenvalue weighted by atomic mass is 16.1. The van der Waals surface area contributed by atoms with E-state index >= 15 is 0 Å². The molecule has 2 heteroatoms. The number of allylic oxidation sites excluding steroid dienone is 3. The molecule has 3 aromatic rings. The Labute approximate surface area is 134 Å². The van der Waals surface area contributed by atoms with Crippen LogP contribution in [0.2, 0.25) is 0 Å². The molecule has 0 spiro atoms. The largest absolute Gasteiger partial charge is 0.289 e. The predicted molar refractivity (Wildman–Crippen MR) is 99.9 cm³/mol. The molecule has 3 aromatic carbocycles. The summed E-state index contributed by atoms with van der Waals surface area (Å²) in [5.41, 5.74) is 1.63. The molecule has 0 atom stereocenters. The van der Waals surface area contributed by atoms with E-state index in [2.05, 4.69) is 6.58 Å². The summed E-state index contributed by atoms with van der Waals surface area (Å²) in [5.74, 6) is 0. The van der Waals surface area contributed by atoms with Crippen LogP contribution in [0.1, 0.15) is 25.0 Å². The van der Waals surface area contributed by atoms with Gasteiger partial charge in [-0.05, 0) is 54.5 Å². The third-order valence-electron chi connectivity index (χ3n) is 4.37. The van der Waals surface area contributed by atoms with Crippen molar-refractivity contribution in [3.63, 3.8) is 0 Å². The highest BCUT2D eigenvalue weighted by molar-refractivity contribution is 6.04. The Bertz CT molecular complexity index is 1180. The van der Waals surface area contributed by atoms with Crippen LogP contribution in [0.5, 0.6) is 0 Å². The molecule has 0 heterocycles. The zero-order valence-corrected chi connectivity index (χ0v) is 13.6. The Kier molecular flexibility index (Phi) is 3.61. The fourth-order valence-electron chi connectivity index (χ4n) is 3.15. The van der Waals surface area contributed by atoms with Crippen molar-refractivity contribution < 1.29 is 0 Å². The van der Waals surface area contributed by atoms with Gasteiger partial charge in [0.2, 0.25) is 0 Å². The molecule has 0 N–H and O–H groups in total. The molecule has 0 fully saturated rings. The van der Waals surface area contributed by atoms with Crippen molar-refractivity contribution in [1.82, 2.24) is 0 Å². The van der Waals surface area contributed by atoms with Crippen molar-refractivity contribution in [3.05, 3.63) is 72.4 Å². The maximum atomic E-state index is 12.7. The van der Waals surface area contributed by atoms with Crippen molar-refractivity contribution in [2.24, 2.45) is 0 Å². The first-order valence-corrected chi connectivity index (χ1v) is 7.65. The topological polar surface area (TPSA) is 34.1 Å². The van der Waals surface area contributed by atoms with Crippen LogP contribution in [0.25, 0.3) is 40.3 Å². The number of benzene rings is 1. The third-order valence-corrected chi connectivity index (χ3v) is 4.37. The number of fused-ring (bicyclic) bond motifs is 2. The SMILES string of the molecule is C=c1/c(=C\C=C/C)c(=O)c2cc3c(/C=C\C)c(C)c(=O)c3cc12. The number of hydrogen-bond acceptors (Lipinski definition) is 2. The molecule has 0 aliphatic rings. The summed E-state index contributed by atoms with van der Waals surface area (Å²) >= 11 is 0. The normalized spacial score (nSPS) is 13.4. The van der Waals surface area contributed by atoms with Crippen LogP contribution in [0, 0.1) is 6.92 Å². The van der Waals surface area contributed by atoms with Crippen molar-refractivity contribution in [2.75, 3.05) is 0 Å². The lowest BCUT2D eigenvalue weighted by atomic mass is 10.1. The molecule has 0 saturated heterocycles. The predicted octanol–water partition coefficient (Wildman–Crippen LogP) is 2.70. The highest BCUT2D eigenvalue weighted by Gasteiger charge is 2.15. The smallest absolute Gasteiger partial charge is 0.194 e. The zero-order valence-electron chi connectivity index (χ0n) is 13.6. The van der Waals surface area contributed by atoms with Crippen molar-refractivity contribution in [1.29, 1.82) is 0 Å². The van der Waals surface area contributed by atoms with E-state index in [0.717, 1.165) is 21.9 Å². The van der Waals surface area contributed by atoms with Crippen LogP contribution in [0.3, 0.4) is 0 Å². The van der Waals surface area contributed by atoms with E-state index in [9.17, 15) is 9.59 Å². The van der Waals surface area contributed by atoms with Gasteiger partial charge >= 0.3 is 0 Å². The van der Waals surface area contributed by atoms with Crippen LogP contribution in [-0.2, 0) is 0 Å². The molecular weight excluding hydrogens is 284 g/mol. The summed E-state index contributed by atoms with van der Waals surface area (Å²) in [6, 6.07) is 3.67. The van der Waals surface area contributed by atoms with Gasteiger partial charge in [-0.2, -0.15) is 0 Å². The zero-order chi connectivity index (χ0) is 16.7. The lowest BCUT2D eigenvalue weighted by Gasteiger charge is -1.95. The van der Waals surface area contributed by atoms with Crippen LogP contribution < -0.4 is 21.3 Å². The van der Waals surface area contributed by atoms with Crippen LogP contribution >= 0.6 is 0 Å². The molecule has 3 rings (SSSR count). The monoisotopic (exact) mass is 302 g/mol. The molecule has 114 valence electrons. The van der Waals surface area contributed by atoms with Crippen LogP contribution in [0.15, 0.2) is 39.9 Å². The Morgan fingerprint density at radius 3 is 2.22 bits per heavy atom. The Balaban J connectivity index is 2.58. The van der Waals surface area contributed by atoms with Crippen molar-refractivity contribution >= 4 is 40.3 Å². The molecule has 0 aliphatic carbocycles. The van der Waals surface area contributed by atoms with Crippen LogP contribution in [-0.4, -0.2) is 0 Å². The average Bonchev–Trinajstić information content (AvgIpc) is 2.92. The molecule has 0 bridgehead atoms. The minimum Gasteiger partial charge on any atom is -0.289 e.